The molecule has 0 spiro atoms. The lowest BCUT2D eigenvalue weighted by Crippen LogP contribution is -2.30. The van der Waals surface area contributed by atoms with Gasteiger partial charge in [0.15, 0.2) is 0 Å². The van der Waals surface area contributed by atoms with Crippen LogP contribution in [0.3, 0.4) is 0 Å². The van der Waals surface area contributed by atoms with E-state index >= 15 is 0 Å². The molecule has 0 bridgehead atoms. The fourth-order valence-corrected chi connectivity index (χ4v) is 2.43. The van der Waals surface area contributed by atoms with Crippen molar-refractivity contribution in [2.24, 2.45) is 5.92 Å². The van der Waals surface area contributed by atoms with Gasteiger partial charge in [-0.25, -0.2) is 4.98 Å². The number of hydrogen-bond donors (Lipinski definition) is 1. The van der Waals surface area contributed by atoms with E-state index in [9.17, 15) is 4.79 Å². The molecule has 1 aromatic rings. The summed E-state index contributed by atoms with van der Waals surface area (Å²) in [5.74, 6) is 1.27. The van der Waals surface area contributed by atoms with E-state index in [1.165, 1.54) is 19.3 Å². The van der Waals surface area contributed by atoms with Crippen LogP contribution < -0.4 is 10.2 Å². The van der Waals surface area contributed by atoms with Crippen molar-refractivity contribution in [1.82, 2.24) is 4.98 Å². The average molecular weight is 305 g/mol. The standard InChI is InChI=1S/C17H27N3O2/c1-13(2)12-22-14(3)17(21)19-15-7-8-16(18-11-15)20-9-5-4-6-10-20/h7-8,11,13-14H,4-6,9-10,12H2,1-3H3,(H,19,21). The number of rotatable bonds is 6. The number of piperidine rings is 1. The first kappa shape index (κ1) is 16.7. The lowest BCUT2D eigenvalue weighted by Gasteiger charge is -2.27. The average Bonchev–Trinajstić information content (AvgIpc) is 2.54. The van der Waals surface area contributed by atoms with Crippen LogP contribution >= 0.6 is 0 Å². The number of carbonyl (C=O) groups excluding carboxylic acids is 1. The molecule has 22 heavy (non-hydrogen) atoms. The van der Waals surface area contributed by atoms with Crippen LogP contribution in [0.2, 0.25) is 0 Å². The van der Waals surface area contributed by atoms with Gasteiger partial charge in [0.1, 0.15) is 11.9 Å². The Balaban J connectivity index is 1.86. The molecule has 1 fully saturated rings. The van der Waals surface area contributed by atoms with E-state index in [-0.39, 0.29) is 5.91 Å². The molecule has 5 nitrogen and oxygen atoms in total. The van der Waals surface area contributed by atoms with E-state index in [1.807, 2.05) is 12.1 Å². The summed E-state index contributed by atoms with van der Waals surface area (Å²) in [5, 5.41) is 2.85. The molecule has 1 N–H and O–H groups in total. The molecule has 1 unspecified atom stereocenters. The van der Waals surface area contributed by atoms with Crippen LogP contribution in [0.1, 0.15) is 40.0 Å². The van der Waals surface area contributed by atoms with Crippen molar-refractivity contribution in [2.45, 2.75) is 46.1 Å². The SMILES string of the molecule is CC(C)COC(C)C(=O)Nc1ccc(N2CCCCC2)nc1. The van der Waals surface area contributed by atoms with Gasteiger partial charge in [0.05, 0.1) is 11.9 Å². The van der Waals surface area contributed by atoms with E-state index in [4.69, 9.17) is 4.74 Å². The highest BCUT2D eigenvalue weighted by Crippen LogP contribution is 2.19. The monoisotopic (exact) mass is 305 g/mol. The van der Waals surface area contributed by atoms with Crippen LogP contribution in [0.15, 0.2) is 18.3 Å². The minimum Gasteiger partial charge on any atom is -0.368 e. The van der Waals surface area contributed by atoms with Gasteiger partial charge in [-0.1, -0.05) is 13.8 Å². The Morgan fingerprint density at radius 1 is 1.27 bits per heavy atom. The predicted octanol–water partition coefficient (Wildman–Crippen LogP) is 3.07. The summed E-state index contributed by atoms with van der Waals surface area (Å²) >= 11 is 0. The summed E-state index contributed by atoms with van der Waals surface area (Å²) in [6.45, 7) is 8.62. The van der Waals surface area contributed by atoms with Crippen molar-refractivity contribution in [2.75, 3.05) is 29.9 Å². The van der Waals surface area contributed by atoms with Crippen LogP contribution in [-0.2, 0) is 9.53 Å². The summed E-state index contributed by atoms with van der Waals surface area (Å²) in [7, 11) is 0. The van der Waals surface area contributed by atoms with Gasteiger partial charge in [-0.05, 0) is 44.2 Å². The Bertz CT molecular complexity index is 467. The maximum absolute atomic E-state index is 12.0. The maximum Gasteiger partial charge on any atom is 0.253 e. The quantitative estimate of drug-likeness (QED) is 0.877. The molecule has 2 rings (SSSR count). The van der Waals surface area contributed by atoms with Gasteiger partial charge in [0.25, 0.3) is 5.91 Å². The summed E-state index contributed by atoms with van der Waals surface area (Å²) in [4.78, 5) is 18.8. The number of pyridine rings is 1. The van der Waals surface area contributed by atoms with Crippen LogP contribution in [0.4, 0.5) is 11.5 Å². The molecule has 0 aromatic carbocycles. The second-order valence-electron chi connectivity index (χ2n) is 6.31. The second kappa shape index (κ2) is 8.13. The molecule has 0 aliphatic carbocycles. The molecular formula is C17H27N3O2. The molecular weight excluding hydrogens is 278 g/mol. The number of ether oxygens (including phenoxy) is 1. The van der Waals surface area contributed by atoms with Crippen molar-refractivity contribution < 1.29 is 9.53 Å². The number of hydrogen-bond acceptors (Lipinski definition) is 4. The normalized spacial score (nSPS) is 16.6. The molecule has 1 atom stereocenters. The number of amides is 1. The highest BCUT2D eigenvalue weighted by molar-refractivity contribution is 5.93. The summed E-state index contributed by atoms with van der Waals surface area (Å²) in [6.07, 6.45) is 5.02. The first-order valence-corrected chi connectivity index (χ1v) is 8.19. The van der Waals surface area contributed by atoms with Crippen molar-refractivity contribution in [3.05, 3.63) is 18.3 Å². The number of aromatic nitrogens is 1. The number of carbonyl (C=O) groups is 1. The molecule has 1 saturated heterocycles. The van der Waals surface area contributed by atoms with Gasteiger partial charge in [-0.2, -0.15) is 0 Å². The first-order chi connectivity index (χ1) is 10.6. The molecule has 2 heterocycles. The lowest BCUT2D eigenvalue weighted by atomic mass is 10.1. The third-order valence-corrected chi connectivity index (χ3v) is 3.74. The third-order valence-electron chi connectivity index (χ3n) is 3.74. The van der Waals surface area contributed by atoms with Crippen LogP contribution in [0.25, 0.3) is 0 Å². The molecule has 1 amide bonds. The predicted molar refractivity (Wildman–Crippen MR) is 89.2 cm³/mol. The van der Waals surface area contributed by atoms with Crippen LogP contribution in [-0.4, -0.2) is 36.7 Å². The molecule has 0 saturated carbocycles. The molecule has 0 radical (unpaired) electrons. The second-order valence-corrected chi connectivity index (χ2v) is 6.31. The molecule has 1 aliphatic rings. The smallest absolute Gasteiger partial charge is 0.253 e. The van der Waals surface area contributed by atoms with Gasteiger partial charge < -0.3 is 15.0 Å². The van der Waals surface area contributed by atoms with Crippen molar-refractivity contribution in [3.8, 4) is 0 Å². The van der Waals surface area contributed by atoms with Gasteiger partial charge in [0, 0.05) is 19.7 Å². The van der Waals surface area contributed by atoms with Crippen LogP contribution in [0, 0.1) is 5.92 Å². The Hall–Kier alpha value is -1.62. The van der Waals surface area contributed by atoms with Gasteiger partial charge in [-0.15, -0.1) is 0 Å². The Labute approximate surface area is 133 Å². The van der Waals surface area contributed by atoms with E-state index in [0.717, 1.165) is 18.9 Å². The van der Waals surface area contributed by atoms with Gasteiger partial charge in [-0.3, -0.25) is 4.79 Å². The summed E-state index contributed by atoms with van der Waals surface area (Å²) < 4.78 is 5.52. The van der Waals surface area contributed by atoms with Crippen molar-refractivity contribution >= 4 is 17.4 Å². The Kier molecular flexibility index (Phi) is 6.19. The minimum atomic E-state index is -0.454. The fraction of sp³-hybridized carbons (Fsp3) is 0.647. The van der Waals surface area contributed by atoms with E-state index < -0.39 is 6.10 Å². The van der Waals surface area contributed by atoms with Crippen molar-refractivity contribution in [3.63, 3.8) is 0 Å². The zero-order valence-corrected chi connectivity index (χ0v) is 13.8. The number of anilines is 2. The number of nitrogens with one attached hydrogen (secondary N) is 1. The van der Waals surface area contributed by atoms with E-state index in [1.54, 1.807) is 13.1 Å². The fourth-order valence-electron chi connectivity index (χ4n) is 2.43. The third kappa shape index (κ3) is 4.98. The molecule has 1 aliphatic heterocycles. The minimum absolute atomic E-state index is 0.131. The number of nitrogens with zero attached hydrogens (tertiary/aromatic N) is 2. The maximum atomic E-state index is 12.0. The largest absolute Gasteiger partial charge is 0.368 e. The molecule has 122 valence electrons. The van der Waals surface area contributed by atoms with Gasteiger partial charge >= 0.3 is 0 Å². The zero-order valence-electron chi connectivity index (χ0n) is 13.8. The Morgan fingerprint density at radius 3 is 2.59 bits per heavy atom. The first-order valence-electron chi connectivity index (χ1n) is 8.19. The summed E-state index contributed by atoms with van der Waals surface area (Å²) in [6, 6.07) is 3.88. The van der Waals surface area contributed by atoms with Crippen LogP contribution in [0.5, 0.6) is 0 Å². The molecule has 5 heteroatoms. The van der Waals surface area contributed by atoms with Crippen molar-refractivity contribution in [1.29, 1.82) is 0 Å². The van der Waals surface area contributed by atoms with E-state index in [2.05, 4.69) is 29.0 Å². The zero-order chi connectivity index (χ0) is 15.9. The summed E-state index contributed by atoms with van der Waals surface area (Å²) in [5.41, 5.74) is 0.714. The molecule has 1 aromatic heterocycles. The lowest BCUT2D eigenvalue weighted by molar-refractivity contribution is -0.126. The highest BCUT2D eigenvalue weighted by Gasteiger charge is 2.15. The van der Waals surface area contributed by atoms with E-state index in [0.29, 0.717) is 18.2 Å². The van der Waals surface area contributed by atoms with Gasteiger partial charge in [0.2, 0.25) is 0 Å². The highest BCUT2D eigenvalue weighted by atomic mass is 16.5. The Morgan fingerprint density at radius 2 is 2.00 bits per heavy atom. The topological polar surface area (TPSA) is 54.5 Å².